The Morgan fingerprint density at radius 2 is 1.88 bits per heavy atom. The van der Waals surface area contributed by atoms with E-state index in [-0.39, 0.29) is 17.2 Å². The van der Waals surface area contributed by atoms with Gasteiger partial charge in [0.05, 0.1) is 17.8 Å². The molecule has 1 aliphatic rings. The van der Waals surface area contributed by atoms with Gasteiger partial charge in [0.25, 0.3) is 0 Å². The van der Waals surface area contributed by atoms with Crippen molar-refractivity contribution >= 4 is 17.6 Å². The van der Waals surface area contributed by atoms with Crippen molar-refractivity contribution in [1.29, 1.82) is 0 Å². The van der Waals surface area contributed by atoms with Crippen molar-refractivity contribution in [3.8, 4) is 0 Å². The van der Waals surface area contributed by atoms with Gasteiger partial charge in [0.1, 0.15) is 0 Å². The molecular formula is C27H35ClO4. The largest absolute Gasteiger partial charge is 0.478 e. The van der Waals surface area contributed by atoms with Gasteiger partial charge < -0.3 is 15.3 Å². The minimum Gasteiger partial charge on any atom is -0.478 e. The number of benzene rings is 2. The van der Waals surface area contributed by atoms with Crippen molar-refractivity contribution in [3.63, 3.8) is 0 Å². The van der Waals surface area contributed by atoms with E-state index in [4.69, 9.17) is 11.6 Å². The molecule has 1 aliphatic carbocycles. The Morgan fingerprint density at radius 1 is 1.12 bits per heavy atom. The van der Waals surface area contributed by atoms with Crippen LogP contribution < -0.4 is 0 Å². The number of aliphatic hydroxyl groups excluding tert-OH is 2. The minimum atomic E-state index is -0.911. The van der Waals surface area contributed by atoms with E-state index >= 15 is 0 Å². The van der Waals surface area contributed by atoms with Gasteiger partial charge in [-0.05, 0) is 66.8 Å². The Kier molecular flexibility index (Phi) is 9.15. The van der Waals surface area contributed by atoms with Gasteiger partial charge in [-0.1, -0.05) is 62.6 Å². The third kappa shape index (κ3) is 6.34. The number of aryl methyl sites for hydroxylation is 1. The summed E-state index contributed by atoms with van der Waals surface area (Å²) in [5.41, 5.74) is 3.31. The summed E-state index contributed by atoms with van der Waals surface area (Å²) in [5, 5.41) is 30.2. The molecule has 1 fully saturated rings. The normalized spacial score (nSPS) is 23.9. The molecule has 1 saturated carbocycles. The molecule has 4 nitrogen and oxygen atoms in total. The van der Waals surface area contributed by atoms with E-state index in [1.165, 1.54) is 0 Å². The Hall–Kier alpha value is -1.88. The first-order chi connectivity index (χ1) is 15.4. The lowest BCUT2D eigenvalue weighted by Gasteiger charge is -2.24. The number of rotatable bonds is 11. The van der Waals surface area contributed by atoms with Crippen molar-refractivity contribution in [1.82, 2.24) is 0 Å². The molecule has 2 aromatic carbocycles. The van der Waals surface area contributed by atoms with Crippen molar-refractivity contribution in [2.45, 2.75) is 81.8 Å². The van der Waals surface area contributed by atoms with Crippen LogP contribution in [0.3, 0.4) is 0 Å². The van der Waals surface area contributed by atoms with E-state index in [1.54, 1.807) is 18.2 Å². The molecule has 5 heteroatoms. The molecule has 5 atom stereocenters. The molecule has 3 rings (SSSR count). The van der Waals surface area contributed by atoms with Crippen LogP contribution in [0.5, 0.6) is 0 Å². The molecule has 0 heterocycles. The average Bonchev–Trinajstić information content (AvgIpc) is 3.07. The van der Waals surface area contributed by atoms with Crippen LogP contribution >= 0.6 is 11.6 Å². The number of carboxylic acid groups (broad SMARTS) is 1. The second-order valence-corrected chi connectivity index (χ2v) is 9.65. The summed E-state index contributed by atoms with van der Waals surface area (Å²) in [7, 11) is 0. The molecule has 2 aromatic rings. The maximum atomic E-state index is 11.2. The van der Waals surface area contributed by atoms with E-state index < -0.39 is 18.2 Å². The van der Waals surface area contributed by atoms with Crippen molar-refractivity contribution in [2.24, 2.45) is 5.92 Å². The number of aromatic carboxylic acids is 1. The SMILES string of the molecule is CCCCCC(O)c1ccc([C@@H]2[C@@H](CCCc3cccc(C(=O)O)c3)[C@@H](Cl)C[C@H]2O)cc1. The van der Waals surface area contributed by atoms with Crippen molar-refractivity contribution in [2.75, 3.05) is 0 Å². The smallest absolute Gasteiger partial charge is 0.335 e. The van der Waals surface area contributed by atoms with E-state index in [1.807, 2.05) is 30.3 Å². The van der Waals surface area contributed by atoms with E-state index in [0.29, 0.717) is 12.0 Å². The van der Waals surface area contributed by atoms with E-state index in [2.05, 4.69) is 6.92 Å². The first-order valence-corrected chi connectivity index (χ1v) is 12.3. The molecule has 1 unspecified atom stereocenters. The predicted octanol–water partition coefficient (Wildman–Crippen LogP) is 6.09. The molecule has 0 saturated heterocycles. The molecule has 0 radical (unpaired) electrons. The molecule has 32 heavy (non-hydrogen) atoms. The van der Waals surface area contributed by atoms with Crippen molar-refractivity contribution in [3.05, 3.63) is 70.8 Å². The van der Waals surface area contributed by atoms with Gasteiger partial charge in [0, 0.05) is 11.3 Å². The Bertz CT molecular complexity index is 866. The van der Waals surface area contributed by atoms with E-state index in [9.17, 15) is 20.1 Å². The number of hydrogen-bond acceptors (Lipinski definition) is 3. The molecule has 3 N–H and O–H groups in total. The van der Waals surface area contributed by atoms with Crippen LogP contribution in [0, 0.1) is 5.92 Å². The van der Waals surface area contributed by atoms with E-state index in [0.717, 1.165) is 61.6 Å². The zero-order valence-electron chi connectivity index (χ0n) is 18.8. The number of unbranched alkanes of at least 4 members (excludes halogenated alkanes) is 2. The summed E-state index contributed by atoms with van der Waals surface area (Å²) in [4.78, 5) is 11.2. The summed E-state index contributed by atoms with van der Waals surface area (Å²) >= 11 is 6.64. The number of carboxylic acids is 1. The molecule has 0 amide bonds. The highest BCUT2D eigenvalue weighted by Gasteiger charge is 2.41. The van der Waals surface area contributed by atoms with Crippen LogP contribution in [0.4, 0.5) is 0 Å². The number of carbonyl (C=O) groups is 1. The average molecular weight is 459 g/mol. The Labute approximate surface area is 196 Å². The Morgan fingerprint density at radius 3 is 2.56 bits per heavy atom. The molecule has 0 spiro atoms. The third-order valence-electron chi connectivity index (χ3n) is 6.77. The van der Waals surface area contributed by atoms with Gasteiger partial charge >= 0.3 is 5.97 Å². The van der Waals surface area contributed by atoms with Crippen LogP contribution in [-0.4, -0.2) is 32.8 Å². The molecule has 174 valence electrons. The van der Waals surface area contributed by atoms with Gasteiger partial charge in [0.2, 0.25) is 0 Å². The zero-order valence-corrected chi connectivity index (χ0v) is 19.5. The number of alkyl halides is 1. The maximum Gasteiger partial charge on any atom is 0.335 e. The molecule has 0 bridgehead atoms. The summed E-state index contributed by atoms with van der Waals surface area (Å²) in [5.74, 6) is -0.769. The number of hydrogen-bond donors (Lipinski definition) is 3. The lowest BCUT2D eigenvalue weighted by molar-refractivity contribution is 0.0696. The first-order valence-electron chi connectivity index (χ1n) is 11.8. The van der Waals surface area contributed by atoms with Gasteiger partial charge in [-0.15, -0.1) is 11.6 Å². The predicted molar refractivity (Wildman–Crippen MR) is 128 cm³/mol. The quantitative estimate of drug-likeness (QED) is 0.281. The first kappa shape index (κ1) is 24.8. The maximum absolute atomic E-state index is 11.2. The van der Waals surface area contributed by atoms with Crippen LogP contribution in [0.2, 0.25) is 0 Å². The fourth-order valence-electron chi connectivity index (χ4n) is 4.99. The summed E-state index contributed by atoms with van der Waals surface area (Å²) in [6.45, 7) is 2.15. The summed E-state index contributed by atoms with van der Waals surface area (Å²) in [6, 6.07) is 15.1. The lowest BCUT2D eigenvalue weighted by Crippen LogP contribution is -2.19. The molecular weight excluding hydrogens is 424 g/mol. The van der Waals surface area contributed by atoms with Gasteiger partial charge in [0.15, 0.2) is 0 Å². The third-order valence-corrected chi connectivity index (χ3v) is 7.27. The molecule has 0 aromatic heterocycles. The standard InChI is InChI=1S/C27H35ClO4/c1-2-3-4-11-24(29)19-12-14-20(15-13-19)26-22(23(28)17-25(26)30)10-6-8-18-7-5-9-21(16-18)27(31)32/h5,7,9,12-16,22-26,29-30H,2-4,6,8,10-11,17H2,1H3,(H,31,32)/t22-,23-,24?,25+,26+/m0/s1. The highest BCUT2D eigenvalue weighted by molar-refractivity contribution is 6.21. The number of aliphatic hydroxyl groups is 2. The summed E-state index contributed by atoms with van der Waals surface area (Å²) < 4.78 is 0. The number of halogens is 1. The molecule has 0 aliphatic heterocycles. The second kappa shape index (κ2) is 11.8. The topological polar surface area (TPSA) is 77.8 Å². The van der Waals surface area contributed by atoms with Crippen LogP contribution in [0.1, 0.15) is 90.9 Å². The highest BCUT2D eigenvalue weighted by Crippen LogP contribution is 2.45. The van der Waals surface area contributed by atoms with Gasteiger partial charge in [-0.25, -0.2) is 4.79 Å². The van der Waals surface area contributed by atoms with Gasteiger partial charge in [-0.2, -0.15) is 0 Å². The zero-order chi connectivity index (χ0) is 23.1. The highest BCUT2D eigenvalue weighted by atomic mass is 35.5. The summed E-state index contributed by atoms with van der Waals surface area (Å²) in [6.07, 6.45) is 6.25. The Balaban J connectivity index is 1.62. The fourth-order valence-corrected chi connectivity index (χ4v) is 5.45. The van der Waals surface area contributed by atoms with Crippen LogP contribution in [-0.2, 0) is 6.42 Å². The van der Waals surface area contributed by atoms with Crippen LogP contribution in [0.15, 0.2) is 48.5 Å². The lowest BCUT2D eigenvalue weighted by atomic mass is 9.83. The van der Waals surface area contributed by atoms with Crippen molar-refractivity contribution < 1.29 is 20.1 Å². The minimum absolute atomic E-state index is 0.0193. The van der Waals surface area contributed by atoms with Crippen LogP contribution in [0.25, 0.3) is 0 Å². The second-order valence-electron chi connectivity index (χ2n) is 9.08. The fraction of sp³-hybridized carbons (Fsp3) is 0.519. The monoisotopic (exact) mass is 458 g/mol. The van der Waals surface area contributed by atoms with Gasteiger partial charge in [-0.3, -0.25) is 0 Å².